The molecule has 0 aliphatic carbocycles. The van der Waals surface area contributed by atoms with E-state index in [-0.39, 0.29) is 0 Å². The minimum Gasteiger partial charge on any atom is -0.351 e. The molecule has 0 bridgehead atoms. The summed E-state index contributed by atoms with van der Waals surface area (Å²) in [6.07, 6.45) is 0. The second kappa shape index (κ2) is 3.20. The zero-order valence-electron chi connectivity index (χ0n) is 5.96. The van der Waals surface area contributed by atoms with Crippen LogP contribution in [0, 0.1) is 0 Å². The fraction of sp³-hybridized carbons (Fsp3) is 0.600. The molecular weight excluding hydrogens is 148 g/mol. The molecule has 0 aromatic rings. The van der Waals surface area contributed by atoms with E-state index in [1.54, 1.807) is 0 Å². The molecule has 1 saturated heterocycles. The van der Waals surface area contributed by atoms with Crippen LogP contribution in [0.2, 0.25) is 0 Å². The first-order chi connectivity index (χ1) is 5.20. The number of primary amides is 1. The number of carbonyl (C=O) groups is 2. The Hall–Kier alpha value is -1.30. The molecule has 62 valence electrons. The predicted molar refractivity (Wildman–Crippen MR) is 37.7 cm³/mol. The van der Waals surface area contributed by atoms with E-state index in [1.165, 1.54) is 4.90 Å². The predicted octanol–water partition coefficient (Wildman–Crippen LogP) is -1.36. The van der Waals surface area contributed by atoms with E-state index in [9.17, 15) is 9.59 Å². The number of nitrogens with zero attached hydrogens (tertiary/aromatic N) is 1. The highest BCUT2D eigenvalue weighted by atomic mass is 16.2. The molecule has 0 radical (unpaired) electrons. The number of rotatable bonds is 0. The van der Waals surface area contributed by atoms with Gasteiger partial charge in [0.1, 0.15) is 0 Å². The van der Waals surface area contributed by atoms with Crippen LogP contribution in [0.4, 0.5) is 9.59 Å². The normalized spacial score (nSPS) is 16.5. The third-order valence-corrected chi connectivity index (χ3v) is 1.38. The zero-order chi connectivity index (χ0) is 8.27. The number of hydrogen-bond donors (Lipinski definition) is 3. The van der Waals surface area contributed by atoms with E-state index >= 15 is 0 Å². The van der Waals surface area contributed by atoms with Gasteiger partial charge in [-0.25, -0.2) is 9.59 Å². The van der Waals surface area contributed by atoms with Crippen molar-refractivity contribution in [3.63, 3.8) is 0 Å². The zero-order valence-corrected chi connectivity index (χ0v) is 5.96. The molecule has 1 fully saturated rings. The van der Waals surface area contributed by atoms with Crippen molar-refractivity contribution in [3.05, 3.63) is 0 Å². The van der Waals surface area contributed by atoms with Crippen LogP contribution in [0.15, 0.2) is 0 Å². The molecule has 0 spiro atoms. The standard InChI is InChI=1S/C5H10N4O2/c6-4(10)8-5(11)9-2-1-7-3-9/h7H,1-3H2,(H3,6,8,10,11). The van der Waals surface area contributed by atoms with E-state index in [0.717, 1.165) is 6.54 Å². The Labute approximate surface area is 63.7 Å². The molecule has 1 rings (SSSR count). The molecule has 11 heavy (non-hydrogen) atoms. The molecule has 1 aliphatic heterocycles. The third kappa shape index (κ3) is 2.08. The number of nitrogens with one attached hydrogen (secondary N) is 2. The summed E-state index contributed by atoms with van der Waals surface area (Å²) in [5.74, 6) is 0. The van der Waals surface area contributed by atoms with Crippen LogP contribution < -0.4 is 16.4 Å². The number of amides is 4. The summed E-state index contributed by atoms with van der Waals surface area (Å²) in [5.41, 5.74) is 4.74. The number of imide groups is 1. The molecule has 1 heterocycles. The van der Waals surface area contributed by atoms with Gasteiger partial charge in [-0.15, -0.1) is 0 Å². The van der Waals surface area contributed by atoms with Crippen molar-refractivity contribution >= 4 is 12.1 Å². The molecule has 0 unspecified atom stereocenters. The van der Waals surface area contributed by atoms with Crippen LogP contribution in [0.1, 0.15) is 0 Å². The molecule has 4 N–H and O–H groups in total. The molecule has 0 aromatic heterocycles. The summed E-state index contributed by atoms with van der Waals surface area (Å²) in [6.45, 7) is 1.84. The molecule has 6 nitrogen and oxygen atoms in total. The van der Waals surface area contributed by atoms with Crippen molar-refractivity contribution in [2.24, 2.45) is 5.73 Å². The van der Waals surface area contributed by atoms with Gasteiger partial charge < -0.3 is 10.6 Å². The van der Waals surface area contributed by atoms with Gasteiger partial charge in [0.25, 0.3) is 0 Å². The van der Waals surface area contributed by atoms with Gasteiger partial charge in [0.2, 0.25) is 0 Å². The lowest BCUT2D eigenvalue weighted by atomic mass is 10.6. The first-order valence-electron chi connectivity index (χ1n) is 3.26. The highest BCUT2D eigenvalue weighted by Gasteiger charge is 2.17. The maximum atomic E-state index is 10.9. The average Bonchev–Trinajstić information content (AvgIpc) is 2.35. The smallest absolute Gasteiger partial charge is 0.326 e. The molecule has 0 saturated carbocycles. The Morgan fingerprint density at radius 2 is 2.27 bits per heavy atom. The van der Waals surface area contributed by atoms with Crippen molar-refractivity contribution in [3.8, 4) is 0 Å². The van der Waals surface area contributed by atoms with E-state index < -0.39 is 12.1 Å². The SMILES string of the molecule is NC(=O)NC(=O)N1CCNC1. The van der Waals surface area contributed by atoms with Gasteiger partial charge >= 0.3 is 12.1 Å². The number of hydrogen-bond acceptors (Lipinski definition) is 3. The van der Waals surface area contributed by atoms with Crippen LogP contribution in [0.25, 0.3) is 0 Å². The molecule has 0 aromatic carbocycles. The van der Waals surface area contributed by atoms with Crippen LogP contribution >= 0.6 is 0 Å². The summed E-state index contributed by atoms with van der Waals surface area (Å²) in [7, 11) is 0. The van der Waals surface area contributed by atoms with Gasteiger partial charge in [0.05, 0.1) is 6.67 Å². The summed E-state index contributed by atoms with van der Waals surface area (Å²) in [4.78, 5) is 22.6. The molecule has 6 heteroatoms. The van der Waals surface area contributed by atoms with Crippen LogP contribution in [-0.4, -0.2) is 36.7 Å². The van der Waals surface area contributed by atoms with Crippen molar-refractivity contribution in [1.82, 2.24) is 15.5 Å². The van der Waals surface area contributed by atoms with Crippen molar-refractivity contribution in [2.45, 2.75) is 0 Å². The van der Waals surface area contributed by atoms with Gasteiger partial charge in [0, 0.05) is 13.1 Å². The van der Waals surface area contributed by atoms with Gasteiger partial charge in [-0.2, -0.15) is 0 Å². The van der Waals surface area contributed by atoms with E-state index in [4.69, 9.17) is 5.73 Å². The van der Waals surface area contributed by atoms with Gasteiger partial charge in [-0.1, -0.05) is 0 Å². The minimum atomic E-state index is -0.818. The maximum absolute atomic E-state index is 10.9. The Balaban J connectivity index is 2.34. The summed E-state index contributed by atoms with van der Waals surface area (Å²) in [5, 5.41) is 4.91. The van der Waals surface area contributed by atoms with Crippen molar-refractivity contribution < 1.29 is 9.59 Å². The Bertz CT molecular complexity index is 175. The van der Waals surface area contributed by atoms with Crippen LogP contribution in [0.5, 0.6) is 0 Å². The first kappa shape index (κ1) is 7.80. The van der Waals surface area contributed by atoms with E-state index in [1.807, 2.05) is 5.32 Å². The largest absolute Gasteiger partial charge is 0.351 e. The van der Waals surface area contributed by atoms with Crippen LogP contribution in [0.3, 0.4) is 0 Å². The Morgan fingerprint density at radius 3 is 2.73 bits per heavy atom. The van der Waals surface area contributed by atoms with Crippen molar-refractivity contribution in [2.75, 3.05) is 19.8 Å². The van der Waals surface area contributed by atoms with E-state index in [0.29, 0.717) is 13.2 Å². The Morgan fingerprint density at radius 1 is 1.55 bits per heavy atom. The summed E-state index contributed by atoms with van der Waals surface area (Å²) in [6, 6.07) is -1.26. The highest BCUT2D eigenvalue weighted by Crippen LogP contribution is 1.91. The molecule has 1 aliphatic rings. The first-order valence-corrected chi connectivity index (χ1v) is 3.26. The second-order valence-corrected chi connectivity index (χ2v) is 2.22. The lowest BCUT2D eigenvalue weighted by Gasteiger charge is -2.12. The molecular formula is C5H10N4O2. The number of urea groups is 2. The fourth-order valence-electron chi connectivity index (χ4n) is 0.865. The third-order valence-electron chi connectivity index (χ3n) is 1.38. The Kier molecular flexibility index (Phi) is 2.27. The minimum absolute atomic E-state index is 0.442. The second-order valence-electron chi connectivity index (χ2n) is 2.22. The topological polar surface area (TPSA) is 87.5 Å². The van der Waals surface area contributed by atoms with Gasteiger partial charge in [0.15, 0.2) is 0 Å². The van der Waals surface area contributed by atoms with Crippen molar-refractivity contribution in [1.29, 1.82) is 0 Å². The molecule has 0 atom stereocenters. The number of nitrogens with two attached hydrogens (primary N) is 1. The van der Waals surface area contributed by atoms with E-state index in [2.05, 4.69) is 5.32 Å². The fourth-order valence-corrected chi connectivity index (χ4v) is 0.865. The summed E-state index contributed by atoms with van der Waals surface area (Å²) < 4.78 is 0. The average molecular weight is 158 g/mol. The lowest BCUT2D eigenvalue weighted by Crippen LogP contribution is -2.44. The van der Waals surface area contributed by atoms with Gasteiger partial charge in [-0.3, -0.25) is 10.6 Å². The number of carbonyl (C=O) groups excluding carboxylic acids is 2. The lowest BCUT2D eigenvalue weighted by molar-refractivity contribution is 0.206. The quantitative estimate of drug-likeness (QED) is 0.406. The van der Waals surface area contributed by atoms with Gasteiger partial charge in [-0.05, 0) is 0 Å². The highest BCUT2D eigenvalue weighted by molar-refractivity contribution is 5.92. The molecule has 4 amide bonds. The van der Waals surface area contributed by atoms with Crippen LogP contribution in [-0.2, 0) is 0 Å². The maximum Gasteiger partial charge on any atom is 0.326 e. The summed E-state index contributed by atoms with van der Waals surface area (Å²) >= 11 is 0. The monoisotopic (exact) mass is 158 g/mol.